The maximum Gasteiger partial charge on any atom is 0.249 e. The molecule has 2 N–H and O–H groups in total. The molecule has 0 saturated heterocycles. The zero-order valence-corrected chi connectivity index (χ0v) is 15.0. The fourth-order valence-electron chi connectivity index (χ4n) is 2.80. The number of aryl methyl sites for hydroxylation is 1. The maximum absolute atomic E-state index is 5.38. The van der Waals surface area contributed by atoms with Gasteiger partial charge in [-0.3, -0.25) is 4.98 Å². The summed E-state index contributed by atoms with van der Waals surface area (Å²) in [5.74, 6) is 1.65. The molecule has 0 amide bonds. The molecule has 27 heavy (non-hydrogen) atoms. The molecular formula is C20H18N6O. The number of pyridine rings is 1. The van der Waals surface area contributed by atoms with Crippen LogP contribution < -0.4 is 15.4 Å². The average molecular weight is 358 g/mol. The second kappa shape index (κ2) is 7.25. The Kier molecular flexibility index (Phi) is 4.49. The number of aromatic nitrogens is 4. The third-order valence-electron chi connectivity index (χ3n) is 4.06. The van der Waals surface area contributed by atoms with Crippen molar-refractivity contribution in [1.82, 2.24) is 20.2 Å². The van der Waals surface area contributed by atoms with E-state index in [9.17, 15) is 0 Å². The Morgan fingerprint density at radius 2 is 1.85 bits per heavy atom. The Hall–Kier alpha value is -3.74. The number of nitrogens with one attached hydrogen (secondary N) is 2. The van der Waals surface area contributed by atoms with Gasteiger partial charge in [0, 0.05) is 11.6 Å². The Labute approximate surface area is 156 Å². The summed E-state index contributed by atoms with van der Waals surface area (Å²) in [4.78, 5) is 8.94. The number of benzene rings is 2. The van der Waals surface area contributed by atoms with E-state index in [1.807, 2.05) is 55.5 Å². The first-order valence-electron chi connectivity index (χ1n) is 8.45. The van der Waals surface area contributed by atoms with Crippen molar-refractivity contribution in [3.8, 4) is 5.75 Å². The van der Waals surface area contributed by atoms with E-state index >= 15 is 0 Å². The number of hydrogen-bond donors (Lipinski definition) is 2. The lowest BCUT2D eigenvalue weighted by atomic mass is 10.2. The van der Waals surface area contributed by atoms with Crippen molar-refractivity contribution in [2.45, 2.75) is 6.92 Å². The van der Waals surface area contributed by atoms with Crippen molar-refractivity contribution >= 4 is 34.0 Å². The summed E-state index contributed by atoms with van der Waals surface area (Å²) in [6.07, 6.45) is 3.34. The molecule has 4 rings (SSSR count). The largest absolute Gasteiger partial charge is 0.495 e. The number of methoxy groups -OCH3 is 1. The van der Waals surface area contributed by atoms with Crippen LogP contribution in [0.2, 0.25) is 0 Å². The van der Waals surface area contributed by atoms with Crippen LogP contribution in [0.3, 0.4) is 0 Å². The standard InChI is InChI=1S/C20H18N6O/c1-13-8-9-17(27-2)16(11-13)24-20-25-18(12-22-26-20)23-15-7-3-5-14-6-4-10-21-19(14)15/h3-12H,1-2H3,(H2,23,24,25,26). The molecule has 0 unspecified atom stereocenters. The van der Waals surface area contributed by atoms with Crippen LogP contribution in [0.4, 0.5) is 23.1 Å². The Bertz CT molecular complexity index is 1090. The first kappa shape index (κ1) is 16.7. The van der Waals surface area contributed by atoms with Crippen molar-refractivity contribution in [3.05, 3.63) is 66.5 Å². The van der Waals surface area contributed by atoms with Crippen molar-refractivity contribution < 1.29 is 4.74 Å². The predicted molar refractivity (Wildman–Crippen MR) is 106 cm³/mol. The SMILES string of the molecule is COc1ccc(C)cc1Nc1nncc(Nc2cccc3cccnc23)n1. The highest BCUT2D eigenvalue weighted by atomic mass is 16.5. The second-order valence-electron chi connectivity index (χ2n) is 6.00. The second-order valence-corrected chi connectivity index (χ2v) is 6.00. The third-order valence-corrected chi connectivity index (χ3v) is 4.06. The Morgan fingerprint density at radius 3 is 2.74 bits per heavy atom. The molecule has 7 nitrogen and oxygen atoms in total. The minimum absolute atomic E-state index is 0.372. The number of rotatable bonds is 5. The number of nitrogens with zero attached hydrogens (tertiary/aromatic N) is 4. The summed E-state index contributed by atoms with van der Waals surface area (Å²) in [6.45, 7) is 2.01. The van der Waals surface area contributed by atoms with E-state index in [1.165, 1.54) is 0 Å². The number of fused-ring (bicyclic) bond motifs is 1. The molecule has 0 bridgehead atoms. The number of anilines is 4. The molecule has 134 valence electrons. The zero-order valence-electron chi connectivity index (χ0n) is 15.0. The minimum atomic E-state index is 0.372. The summed E-state index contributed by atoms with van der Waals surface area (Å²) >= 11 is 0. The molecule has 0 radical (unpaired) electrons. The van der Waals surface area contributed by atoms with Gasteiger partial charge >= 0.3 is 0 Å². The molecular weight excluding hydrogens is 340 g/mol. The van der Waals surface area contributed by atoms with Crippen LogP contribution in [0, 0.1) is 6.92 Å². The fraction of sp³-hybridized carbons (Fsp3) is 0.100. The number of hydrogen-bond acceptors (Lipinski definition) is 7. The van der Waals surface area contributed by atoms with Gasteiger partial charge in [-0.25, -0.2) is 0 Å². The molecule has 0 fully saturated rings. The monoisotopic (exact) mass is 358 g/mol. The molecule has 0 aliphatic heterocycles. The van der Waals surface area contributed by atoms with E-state index in [2.05, 4.69) is 30.8 Å². The molecule has 0 atom stereocenters. The van der Waals surface area contributed by atoms with Crippen LogP contribution in [0.25, 0.3) is 10.9 Å². The summed E-state index contributed by atoms with van der Waals surface area (Å²) < 4.78 is 5.38. The summed E-state index contributed by atoms with van der Waals surface area (Å²) in [6, 6.07) is 15.7. The predicted octanol–water partition coefficient (Wildman–Crippen LogP) is 4.22. The lowest BCUT2D eigenvalue weighted by molar-refractivity contribution is 0.416. The van der Waals surface area contributed by atoms with Crippen molar-refractivity contribution in [3.63, 3.8) is 0 Å². The van der Waals surface area contributed by atoms with E-state index < -0.39 is 0 Å². The fourth-order valence-corrected chi connectivity index (χ4v) is 2.80. The topological polar surface area (TPSA) is 84.9 Å². The third kappa shape index (κ3) is 3.62. The van der Waals surface area contributed by atoms with Crippen LogP contribution in [0.15, 0.2) is 60.9 Å². The smallest absolute Gasteiger partial charge is 0.249 e. The Morgan fingerprint density at radius 1 is 0.963 bits per heavy atom. The molecule has 0 aliphatic rings. The van der Waals surface area contributed by atoms with E-state index in [4.69, 9.17) is 4.74 Å². The van der Waals surface area contributed by atoms with Crippen molar-refractivity contribution in [1.29, 1.82) is 0 Å². The van der Waals surface area contributed by atoms with Gasteiger partial charge in [0.15, 0.2) is 5.82 Å². The van der Waals surface area contributed by atoms with E-state index in [-0.39, 0.29) is 0 Å². The summed E-state index contributed by atoms with van der Waals surface area (Å²) in [5, 5.41) is 15.6. The zero-order chi connectivity index (χ0) is 18.6. The lowest BCUT2D eigenvalue weighted by Gasteiger charge is -2.12. The van der Waals surface area contributed by atoms with Crippen molar-refractivity contribution in [2.75, 3.05) is 17.7 Å². The van der Waals surface area contributed by atoms with Gasteiger partial charge in [0.25, 0.3) is 0 Å². The quantitative estimate of drug-likeness (QED) is 0.552. The minimum Gasteiger partial charge on any atom is -0.495 e. The van der Waals surface area contributed by atoms with E-state index in [1.54, 1.807) is 19.5 Å². The average Bonchev–Trinajstić information content (AvgIpc) is 2.69. The van der Waals surface area contributed by atoms with Crippen LogP contribution >= 0.6 is 0 Å². The molecule has 0 saturated carbocycles. The summed E-state index contributed by atoms with van der Waals surface area (Å²) in [5.41, 5.74) is 3.60. The van der Waals surface area contributed by atoms with Gasteiger partial charge in [0.05, 0.1) is 30.2 Å². The lowest BCUT2D eigenvalue weighted by Crippen LogP contribution is -2.04. The molecule has 7 heteroatoms. The molecule has 2 aromatic heterocycles. The van der Waals surface area contributed by atoms with Gasteiger partial charge in [-0.2, -0.15) is 10.1 Å². The molecule has 0 spiro atoms. The van der Waals surface area contributed by atoms with E-state index in [0.29, 0.717) is 17.5 Å². The van der Waals surface area contributed by atoms with Crippen LogP contribution in [-0.4, -0.2) is 27.3 Å². The van der Waals surface area contributed by atoms with Crippen LogP contribution in [-0.2, 0) is 0 Å². The first-order chi connectivity index (χ1) is 13.2. The molecule has 0 aliphatic carbocycles. The highest BCUT2D eigenvalue weighted by Gasteiger charge is 2.08. The van der Waals surface area contributed by atoms with Crippen molar-refractivity contribution in [2.24, 2.45) is 0 Å². The van der Waals surface area contributed by atoms with Gasteiger partial charge in [-0.15, -0.1) is 5.10 Å². The van der Waals surface area contributed by atoms with Gasteiger partial charge < -0.3 is 15.4 Å². The number of para-hydroxylation sites is 1. The normalized spacial score (nSPS) is 10.6. The Balaban J connectivity index is 1.62. The molecule has 2 aromatic carbocycles. The van der Waals surface area contributed by atoms with Crippen LogP contribution in [0.5, 0.6) is 5.75 Å². The first-order valence-corrected chi connectivity index (χ1v) is 8.45. The maximum atomic E-state index is 5.38. The van der Waals surface area contributed by atoms with E-state index in [0.717, 1.165) is 27.8 Å². The molecule has 4 aromatic rings. The number of ether oxygens (including phenoxy) is 1. The van der Waals surface area contributed by atoms with Gasteiger partial charge in [0.2, 0.25) is 5.95 Å². The highest BCUT2D eigenvalue weighted by Crippen LogP contribution is 2.28. The van der Waals surface area contributed by atoms with Gasteiger partial charge in [-0.1, -0.05) is 24.3 Å². The van der Waals surface area contributed by atoms with Crippen LogP contribution in [0.1, 0.15) is 5.56 Å². The van der Waals surface area contributed by atoms with Gasteiger partial charge in [0.1, 0.15) is 5.75 Å². The molecule has 2 heterocycles. The highest BCUT2D eigenvalue weighted by molar-refractivity contribution is 5.91. The summed E-state index contributed by atoms with van der Waals surface area (Å²) in [7, 11) is 1.63. The van der Waals surface area contributed by atoms with Gasteiger partial charge in [-0.05, 0) is 36.8 Å².